The van der Waals surface area contributed by atoms with Crippen LogP contribution in [0.25, 0.3) is 0 Å². The molecule has 0 aliphatic carbocycles. The molecule has 0 saturated carbocycles. The highest BCUT2D eigenvalue weighted by molar-refractivity contribution is 6.33. The molecule has 0 fully saturated rings. The van der Waals surface area contributed by atoms with Crippen molar-refractivity contribution < 1.29 is 9.59 Å². The maximum Gasteiger partial charge on any atom is 0.253 e. The van der Waals surface area contributed by atoms with Crippen molar-refractivity contribution in [2.75, 3.05) is 0 Å². The van der Waals surface area contributed by atoms with E-state index in [-0.39, 0.29) is 18.2 Å². The van der Waals surface area contributed by atoms with Crippen LogP contribution in [0, 0.1) is 0 Å². The molecule has 3 aromatic rings. The number of hydrogen-bond acceptors (Lipinski definition) is 3. The third kappa shape index (κ3) is 5.41. The predicted molar refractivity (Wildman–Crippen MR) is 109 cm³/mol. The van der Waals surface area contributed by atoms with E-state index in [2.05, 4.69) is 15.6 Å². The van der Waals surface area contributed by atoms with E-state index in [1.165, 1.54) is 0 Å². The zero-order valence-corrected chi connectivity index (χ0v) is 15.9. The number of carbonyl (C=O) groups is 2. The number of nitrogens with zero attached hydrogens (tertiary/aromatic N) is 1. The lowest BCUT2D eigenvalue weighted by atomic mass is 10.0. The summed E-state index contributed by atoms with van der Waals surface area (Å²) in [6.45, 7) is 0.404. The Morgan fingerprint density at radius 1 is 0.929 bits per heavy atom. The molecule has 142 valence electrons. The number of carbonyl (C=O) groups excluding carboxylic acids is 2. The molecule has 0 radical (unpaired) electrons. The molecule has 1 aromatic heterocycles. The smallest absolute Gasteiger partial charge is 0.253 e. The van der Waals surface area contributed by atoms with Crippen LogP contribution in [0.2, 0.25) is 5.02 Å². The molecule has 1 atom stereocenters. The van der Waals surface area contributed by atoms with Crippen molar-refractivity contribution in [1.82, 2.24) is 15.6 Å². The number of pyridine rings is 1. The lowest BCUT2D eigenvalue weighted by molar-refractivity contribution is -0.121. The maximum absolute atomic E-state index is 12.7. The summed E-state index contributed by atoms with van der Waals surface area (Å²) in [5, 5.41) is 6.17. The minimum absolute atomic E-state index is 0.116. The van der Waals surface area contributed by atoms with Crippen LogP contribution in [0.1, 0.15) is 33.9 Å². The van der Waals surface area contributed by atoms with Crippen molar-refractivity contribution >= 4 is 23.4 Å². The van der Waals surface area contributed by atoms with Gasteiger partial charge in [0.25, 0.3) is 5.91 Å². The van der Waals surface area contributed by atoms with Gasteiger partial charge in [-0.15, -0.1) is 0 Å². The Hall–Kier alpha value is -3.18. The molecule has 2 aromatic carbocycles. The van der Waals surface area contributed by atoms with Crippen LogP contribution in [-0.4, -0.2) is 16.8 Å². The second-order valence-electron chi connectivity index (χ2n) is 6.25. The van der Waals surface area contributed by atoms with Crippen molar-refractivity contribution in [3.05, 3.63) is 101 Å². The van der Waals surface area contributed by atoms with Crippen molar-refractivity contribution in [3.8, 4) is 0 Å². The van der Waals surface area contributed by atoms with Gasteiger partial charge in [-0.3, -0.25) is 14.6 Å². The van der Waals surface area contributed by atoms with Gasteiger partial charge in [0.2, 0.25) is 5.91 Å². The Balaban J connectivity index is 1.70. The number of amides is 2. The van der Waals surface area contributed by atoms with E-state index in [1.807, 2.05) is 42.5 Å². The molecule has 6 heteroatoms. The molecule has 0 spiro atoms. The van der Waals surface area contributed by atoms with Crippen molar-refractivity contribution in [3.63, 3.8) is 0 Å². The van der Waals surface area contributed by atoms with Gasteiger partial charge in [-0.05, 0) is 35.4 Å². The van der Waals surface area contributed by atoms with Crippen LogP contribution in [0.15, 0.2) is 79.1 Å². The molecule has 1 heterocycles. The molecule has 0 unspecified atom stereocenters. The van der Waals surface area contributed by atoms with Gasteiger partial charge in [0.1, 0.15) is 0 Å². The van der Waals surface area contributed by atoms with E-state index in [4.69, 9.17) is 11.6 Å². The Labute approximate surface area is 168 Å². The van der Waals surface area contributed by atoms with E-state index in [0.717, 1.165) is 11.1 Å². The Bertz CT molecular complexity index is 933. The van der Waals surface area contributed by atoms with Gasteiger partial charge >= 0.3 is 0 Å². The topological polar surface area (TPSA) is 71.1 Å². The summed E-state index contributed by atoms with van der Waals surface area (Å²) in [4.78, 5) is 29.1. The largest absolute Gasteiger partial charge is 0.352 e. The molecule has 5 nitrogen and oxygen atoms in total. The zero-order chi connectivity index (χ0) is 19.8. The third-order valence-corrected chi connectivity index (χ3v) is 4.58. The highest BCUT2D eigenvalue weighted by Crippen LogP contribution is 2.20. The number of hydrogen-bond donors (Lipinski definition) is 2. The molecule has 2 amide bonds. The fraction of sp³-hybridized carbons (Fsp3) is 0.136. The average Bonchev–Trinajstić information content (AvgIpc) is 2.73. The highest BCUT2D eigenvalue weighted by Gasteiger charge is 2.20. The summed E-state index contributed by atoms with van der Waals surface area (Å²) in [6.07, 6.45) is 3.47. The van der Waals surface area contributed by atoms with Gasteiger partial charge in [0.15, 0.2) is 0 Å². The summed E-state index contributed by atoms with van der Waals surface area (Å²) in [5.74, 6) is -0.480. The van der Waals surface area contributed by atoms with Gasteiger partial charge in [-0.1, -0.05) is 54.1 Å². The summed E-state index contributed by atoms with van der Waals surface area (Å²) in [7, 11) is 0. The Kier molecular flexibility index (Phi) is 6.76. The van der Waals surface area contributed by atoms with E-state index in [9.17, 15) is 9.59 Å². The first kappa shape index (κ1) is 19.6. The van der Waals surface area contributed by atoms with E-state index in [0.29, 0.717) is 17.1 Å². The summed E-state index contributed by atoms with van der Waals surface area (Å²) < 4.78 is 0. The first-order valence-electron chi connectivity index (χ1n) is 8.89. The number of halogens is 1. The van der Waals surface area contributed by atoms with Gasteiger partial charge in [-0.2, -0.15) is 0 Å². The molecule has 0 aliphatic heterocycles. The van der Waals surface area contributed by atoms with Gasteiger partial charge in [0, 0.05) is 18.9 Å². The normalized spacial score (nSPS) is 11.5. The second-order valence-corrected chi connectivity index (χ2v) is 6.66. The Morgan fingerprint density at radius 3 is 2.32 bits per heavy atom. The minimum atomic E-state index is -0.470. The lowest BCUT2D eigenvalue weighted by Gasteiger charge is -2.19. The average molecular weight is 394 g/mol. The third-order valence-electron chi connectivity index (χ3n) is 4.25. The minimum Gasteiger partial charge on any atom is -0.352 e. The van der Waals surface area contributed by atoms with Crippen molar-refractivity contribution in [2.45, 2.75) is 19.0 Å². The summed E-state index contributed by atoms with van der Waals surface area (Å²) >= 11 is 6.13. The van der Waals surface area contributed by atoms with Gasteiger partial charge < -0.3 is 10.6 Å². The second kappa shape index (κ2) is 9.67. The van der Waals surface area contributed by atoms with Crippen LogP contribution in [-0.2, 0) is 11.3 Å². The number of nitrogens with one attached hydrogen (secondary N) is 2. The van der Waals surface area contributed by atoms with Crippen LogP contribution in [0.3, 0.4) is 0 Å². The van der Waals surface area contributed by atoms with Crippen molar-refractivity contribution in [1.29, 1.82) is 0 Å². The standard InChI is InChI=1S/C22H20ClN3O2/c23-19-9-5-4-8-18(19)22(28)26-20(17-6-2-1-3-7-17)14-21(27)25-15-16-10-12-24-13-11-16/h1-13,20H,14-15H2,(H,25,27)(H,26,28)/t20-/m1/s1. The molecule has 28 heavy (non-hydrogen) atoms. The molecule has 0 saturated heterocycles. The SMILES string of the molecule is O=C(C[C@@H](NC(=O)c1ccccc1Cl)c1ccccc1)NCc1ccncc1. The van der Waals surface area contributed by atoms with Crippen LogP contribution in [0.4, 0.5) is 0 Å². The van der Waals surface area contributed by atoms with Crippen LogP contribution < -0.4 is 10.6 Å². The first-order chi connectivity index (χ1) is 13.6. The Morgan fingerprint density at radius 2 is 1.61 bits per heavy atom. The number of benzene rings is 2. The summed E-state index contributed by atoms with van der Waals surface area (Å²) in [5.41, 5.74) is 2.18. The molecule has 3 rings (SSSR count). The monoisotopic (exact) mass is 393 g/mol. The molecular weight excluding hydrogens is 374 g/mol. The van der Waals surface area contributed by atoms with Crippen LogP contribution >= 0.6 is 11.6 Å². The van der Waals surface area contributed by atoms with E-state index >= 15 is 0 Å². The predicted octanol–water partition coefficient (Wildman–Crippen LogP) is 3.91. The van der Waals surface area contributed by atoms with E-state index < -0.39 is 6.04 Å². The van der Waals surface area contributed by atoms with Gasteiger partial charge in [-0.25, -0.2) is 0 Å². The van der Waals surface area contributed by atoms with Crippen LogP contribution in [0.5, 0.6) is 0 Å². The molecule has 0 aliphatic rings. The molecule has 0 bridgehead atoms. The number of aromatic nitrogens is 1. The molecule has 2 N–H and O–H groups in total. The quantitative estimate of drug-likeness (QED) is 0.639. The lowest BCUT2D eigenvalue weighted by Crippen LogP contribution is -2.33. The maximum atomic E-state index is 12.7. The fourth-order valence-electron chi connectivity index (χ4n) is 2.78. The van der Waals surface area contributed by atoms with E-state index in [1.54, 1.807) is 36.7 Å². The highest BCUT2D eigenvalue weighted by atomic mass is 35.5. The summed E-state index contributed by atoms with van der Waals surface area (Å²) in [6, 6.07) is 19.4. The first-order valence-corrected chi connectivity index (χ1v) is 9.27. The zero-order valence-electron chi connectivity index (χ0n) is 15.1. The van der Waals surface area contributed by atoms with Gasteiger partial charge in [0.05, 0.1) is 23.0 Å². The fourth-order valence-corrected chi connectivity index (χ4v) is 3.00. The molecular formula is C22H20ClN3O2. The number of rotatable bonds is 7. The van der Waals surface area contributed by atoms with Crippen molar-refractivity contribution in [2.24, 2.45) is 0 Å².